The van der Waals surface area contributed by atoms with E-state index in [0.717, 1.165) is 0 Å². The fourth-order valence-corrected chi connectivity index (χ4v) is 1.22. The highest BCUT2D eigenvalue weighted by atomic mass is 16.3. The standard InChI is InChI=1S/C9H9N.C3H8O/c1-7-6-8-4-2-3-5-9(8)10-7;1-3(2)4/h2-6,10H,1H3;3-4H,1-2H3. The molecule has 2 nitrogen and oxygen atoms in total. The van der Waals surface area contributed by atoms with E-state index in [0.29, 0.717) is 0 Å². The molecule has 0 unspecified atom stereocenters. The van der Waals surface area contributed by atoms with E-state index in [1.54, 1.807) is 13.8 Å². The van der Waals surface area contributed by atoms with Gasteiger partial charge in [0.15, 0.2) is 0 Å². The molecule has 0 aliphatic carbocycles. The maximum atomic E-state index is 8.06. The number of nitrogens with one attached hydrogen (secondary N) is 1. The van der Waals surface area contributed by atoms with Gasteiger partial charge < -0.3 is 10.1 Å². The molecule has 0 bridgehead atoms. The number of aromatic amines is 1. The third-order valence-electron chi connectivity index (χ3n) is 1.66. The molecule has 0 saturated heterocycles. The fraction of sp³-hybridized carbons (Fsp3) is 0.333. The Morgan fingerprint density at radius 1 is 1.21 bits per heavy atom. The molecule has 1 aromatic heterocycles. The first-order valence-corrected chi connectivity index (χ1v) is 4.82. The van der Waals surface area contributed by atoms with Gasteiger partial charge in [-0.25, -0.2) is 0 Å². The van der Waals surface area contributed by atoms with Crippen LogP contribution in [-0.2, 0) is 0 Å². The van der Waals surface area contributed by atoms with Crippen molar-refractivity contribution in [1.29, 1.82) is 0 Å². The quantitative estimate of drug-likeness (QED) is 0.660. The third kappa shape index (κ3) is 3.23. The molecule has 0 saturated carbocycles. The largest absolute Gasteiger partial charge is 0.394 e. The van der Waals surface area contributed by atoms with Gasteiger partial charge in [0.05, 0.1) is 0 Å². The topological polar surface area (TPSA) is 36.0 Å². The molecule has 0 spiro atoms. The number of hydrogen-bond acceptors (Lipinski definition) is 1. The van der Waals surface area contributed by atoms with Crippen LogP contribution in [0.15, 0.2) is 30.3 Å². The zero-order valence-corrected chi connectivity index (χ0v) is 8.91. The Hall–Kier alpha value is -1.28. The first kappa shape index (κ1) is 10.8. The predicted molar refractivity (Wildman–Crippen MR) is 60.4 cm³/mol. The van der Waals surface area contributed by atoms with Crippen molar-refractivity contribution in [2.45, 2.75) is 26.9 Å². The van der Waals surface area contributed by atoms with Crippen LogP contribution in [0.4, 0.5) is 0 Å². The van der Waals surface area contributed by atoms with Gasteiger partial charge in [0, 0.05) is 17.3 Å². The first-order chi connectivity index (χ1) is 6.59. The zero-order valence-electron chi connectivity index (χ0n) is 8.91. The Labute approximate surface area is 84.6 Å². The van der Waals surface area contributed by atoms with Crippen molar-refractivity contribution in [1.82, 2.24) is 4.98 Å². The second-order valence-corrected chi connectivity index (χ2v) is 3.63. The average Bonchev–Trinajstić information content (AvgIpc) is 2.42. The van der Waals surface area contributed by atoms with Crippen molar-refractivity contribution in [2.75, 3.05) is 0 Å². The molecule has 1 heterocycles. The van der Waals surface area contributed by atoms with Crippen LogP contribution in [0.3, 0.4) is 0 Å². The zero-order chi connectivity index (χ0) is 10.6. The molecule has 0 aliphatic rings. The van der Waals surface area contributed by atoms with Gasteiger partial charge in [0.25, 0.3) is 0 Å². The molecule has 0 aliphatic heterocycles. The number of benzene rings is 1. The second kappa shape index (κ2) is 4.82. The van der Waals surface area contributed by atoms with Gasteiger partial charge in [0.2, 0.25) is 0 Å². The number of para-hydroxylation sites is 1. The van der Waals surface area contributed by atoms with Crippen LogP contribution < -0.4 is 0 Å². The molecule has 0 amide bonds. The van der Waals surface area contributed by atoms with Crippen molar-refractivity contribution in [3.05, 3.63) is 36.0 Å². The van der Waals surface area contributed by atoms with E-state index in [4.69, 9.17) is 5.11 Å². The Morgan fingerprint density at radius 3 is 2.36 bits per heavy atom. The van der Waals surface area contributed by atoms with Crippen LogP contribution in [0, 0.1) is 6.92 Å². The average molecular weight is 191 g/mol. The van der Waals surface area contributed by atoms with E-state index in [-0.39, 0.29) is 6.10 Å². The summed E-state index contributed by atoms with van der Waals surface area (Å²) in [5.74, 6) is 0. The summed E-state index contributed by atoms with van der Waals surface area (Å²) in [6, 6.07) is 10.4. The summed E-state index contributed by atoms with van der Waals surface area (Å²) >= 11 is 0. The molecule has 1 aromatic carbocycles. The molecule has 2 aromatic rings. The lowest BCUT2D eigenvalue weighted by molar-refractivity contribution is 0.216. The molecule has 14 heavy (non-hydrogen) atoms. The first-order valence-electron chi connectivity index (χ1n) is 4.82. The van der Waals surface area contributed by atoms with Crippen molar-refractivity contribution in [2.24, 2.45) is 0 Å². The van der Waals surface area contributed by atoms with Crippen molar-refractivity contribution in [3.8, 4) is 0 Å². The van der Waals surface area contributed by atoms with E-state index >= 15 is 0 Å². The molecule has 2 N–H and O–H groups in total. The monoisotopic (exact) mass is 191 g/mol. The molecule has 2 heteroatoms. The lowest BCUT2D eigenvalue weighted by Crippen LogP contribution is -1.85. The number of aliphatic hydroxyl groups excluding tert-OH is 1. The summed E-state index contributed by atoms with van der Waals surface area (Å²) in [6.07, 6.45) is -0.167. The van der Waals surface area contributed by atoms with E-state index in [2.05, 4.69) is 36.2 Å². The van der Waals surface area contributed by atoms with Crippen LogP contribution in [0.25, 0.3) is 10.9 Å². The second-order valence-electron chi connectivity index (χ2n) is 3.63. The van der Waals surface area contributed by atoms with Crippen molar-refractivity contribution < 1.29 is 5.11 Å². The summed E-state index contributed by atoms with van der Waals surface area (Å²) in [7, 11) is 0. The summed E-state index contributed by atoms with van der Waals surface area (Å²) in [6.45, 7) is 5.51. The van der Waals surface area contributed by atoms with E-state index in [1.807, 2.05) is 6.07 Å². The molecular weight excluding hydrogens is 174 g/mol. The highest BCUT2D eigenvalue weighted by Gasteiger charge is 1.92. The minimum atomic E-state index is -0.167. The summed E-state index contributed by atoms with van der Waals surface area (Å²) in [5, 5.41) is 9.35. The Kier molecular flexibility index (Phi) is 3.72. The fourth-order valence-electron chi connectivity index (χ4n) is 1.22. The number of H-pyrrole nitrogens is 1. The summed E-state index contributed by atoms with van der Waals surface area (Å²) in [5.41, 5.74) is 2.45. The smallest absolute Gasteiger partial charge is 0.0483 e. The Morgan fingerprint density at radius 2 is 1.79 bits per heavy atom. The van der Waals surface area contributed by atoms with E-state index in [9.17, 15) is 0 Å². The minimum absolute atomic E-state index is 0.167. The maximum Gasteiger partial charge on any atom is 0.0483 e. The van der Waals surface area contributed by atoms with Gasteiger partial charge in [0.1, 0.15) is 0 Å². The van der Waals surface area contributed by atoms with Crippen LogP contribution in [0.2, 0.25) is 0 Å². The SMILES string of the molecule is CC(C)O.Cc1cc2ccccc2[nH]1. The highest BCUT2D eigenvalue weighted by molar-refractivity contribution is 5.79. The van der Waals surface area contributed by atoms with E-state index < -0.39 is 0 Å². The molecule has 76 valence electrons. The number of aliphatic hydroxyl groups is 1. The number of aryl methyl sites for hydroxylation is 1. The van der Waals surface area contributed by atoms with Crippen LogP contribution in [0.5, 0.6) is 0 Å². The number of aromatic nitrogens is 1. The van der Waals surface area contributed by atoms with Crippen LogP contribution in [-0.4, -0.2) is 16.2 Å². The summed E-state index contributed by atoms with van der Waals surface area (Å²) in [4.78, 5) is 3.26. The predicted octanol–water partition coefficient (Wildman–Crippen LogP) is 2.86. The van der Waals surface area contributed by atoms with Gasteiger partial charge in [-0.1, -0.05) is 18.2 Å². The molecule has 0 fully saturated rings. The van der Waals surface area contributed by atoms with Gasteiger partial charge in [-0.2, -0.15) is 0 Å². The number of rotatable bonds is 0. The molecular formula is C12H17NO. The Bertz CT molecular complexity index is 354. The summed E-state index contributed by atoms with van der Waals surface area (Å²) < 4.78 is 0. The van der Waals surface area contributed by atoms with Gasteiger partial charge in [-0.05, 0) is 38.3 Å². The normalized spacial score (nSPS) is 10.1. The lowest BCUT2D eigenvalue weighted by Gasteiger charge is -1.83. The van der Waals surface area contributed by atoms with Crippen LogP contribution in [0.1, 0.15) is 19.5 Å². The Balaban J connectivity index is 0.000000213. The lowest BCUT2D eigenvalue weighted by atomic mass is 10.2. The van der Waals surface area contributed by atoms with Gasteiger partial charge in [-0.15, -0.1) is 0 Å². The van der Waals surface area contributed by atoms with E-state index in [1.165, 1.54) is 16.6 Å². The molecule has 0 radical (unpaired) electrons. The van der Waals surface area contributed by atoms with Gasteiger partial charge in [-0.3, -0.25) is 0 Å². The minimum Gasteiger partial charge on any atom is -0.394 e. The number of fused-ring (bicyclic) bond motifs is 1. The van der Waals surface area contributed by atoms with Crippen molar-refractivity contribution >= 4 is 10.9 Å². The highest BCUT2D eigenvalue weighted by Crippen LogP contribution is 2.12. The third-order valence-corrected chi connectivity index (χ3v) is 1.66. The molecule has 0 atom stereocenters. The van der Waals surface area contributed by atoms with Crippen LogP contribution >= 0.6 is 0 Å². The number of hydrogen-bond donors (Lipinski definition) is 2. The van der Waals surface area contributed by atoms with Gasteiger partial charge >= 0.3 is 0 Å². The maximum absolute atomic E-state index is 8.06. The molecule has 2 rings (SSSR count). The van der Waals surface area contributed by atoms with Crippen molar-refractivity contribution in [3.63, 3.8) is 0 Å².